The molecule has 0 unspecified atom stereocenters. The molecule has 0 saturated carbocycles. The molecule has 0 saturated heterocycles. The van der Waals surface area contributed by atoms with Crippen LogP contribution in [0, 0.1) is 0 Å². The van der Waals surface area contributed by atoms with E-state index in [0.29, 0.717) is 5.56 Å². The summed E-state index contributed by atoms with van der Waals surface area (Å²) in [6.07, 6.45) is 2.09. The van der Waals surface area contributed by atoms with Gasteiger partial charge in [0.15, 0.2) is 0 Å². The van der Waals surface area contributed by atoms with Crippen molar-refractivity contribution in [1.82, 2.24) is 0 Å². The van der Waals surface area contributed by atoms with Crippen molar-refractivity contribution >= 4 is 17.7 Å². The molecule has 1 N–H and O–H groups in total. The Morgan fingerprint density at radius 1 is 1.47 bits per heavy atom. The van der Waals surface area contributed by atoms with Crippen LogP contribution in [0.25, 0.3) is 0 Å². The smallest absolute Gasteiger partial charge is 0.336 e. The van der Waals surface area contributed by atoms with Crippen molar-refractivity contribution in [3.8, 4) is 0 Å². The molecule has 15 heavy (non-hydrogen) atoms. The average molecular weight is 222 g/mol. The summed E-state index contributed by atoms with van der Waals surface area (Å²) in [5.74, 6) is -0.822. The molecular weight excluding hydrogens is 208 g/mol. The van der Waals surface area contributed by atoms with E-state index >= 15 is 0 Å². The number of hydrogen-bond donors (Lipinski definition) is 1. The van der Waals surface area contributed by atoms with Gasteiger partial charge in [-0.2, -0.15) is 0 Å². The molecule has 1 heterocycles. The van der Waals surface area contributed by atoms with Crippen molar-refractivity contribution in [2.75, 3.05) is 0 Å². The Kier molecular flexibility index (Phi) is 2.51. The summed E-state index contributed by atoms with van der Waals surface area (Å²) in [6.45, 7) is 4.33. The molecule has 2 rings (SSSR count). The Bertz CT molecular complexity index is 410. The first kappa shape index (κ1) is 10.6. The van der Waals surface area contributed by atoms with E-state index in [1.165, 1.54) is 5.56 Å². The average Bonchev–Trinajstić information content (AvgIpc) is 2.15. The van der Waals surface area contributed by atoms with E-state index in [1.54, 1.807) is 17.8 Å². The third kappa shape index (κ3) is 2.02. The maximum absolute atomic E-state index is 11.1. The third-order valence-electron chi connectivity index (χ3n) is 2.70. The van der Waals surface area contributed by atoms with E-state index in [4.69, 9.17) is 5.11 Å². The van der Waals surface area contributed by atoms with Gasteiger partial charge in [-0.3, -0.25) is 0 Å². The number of aryl methyl sites for hydroxylation is 1. The number of carboxylic acid groups (broad SMARTS) is 1. The molecule has 3 heteroatoms. The Hall–Kier alpha value is -0.960. The van der Waals surface area contributed by atoms with Crippen molar-refractivity contribution in [3.63, 3.8) is 0 Å². The Morgan fingerprint density at radius 3 is 2.87 bits per heavy atom. The fourth-order valence-electron chi connectivity index (χ4n) is 1.83. The highest BCUT2D eigenvalue weighted by atomic mass is 32.2. The predicted molar refractivity (Wildman–Crippen MR) is 61.7 cm³/mol. The van der Waals surface area contributed by atoms with Crippen LogP contribution in [0.5, 0.6) is 0 Å². The molecule has 2 nitrogen and oxygen atoms in total. The van der Waals surface area contributed by atoms with E-state index < -0.39 is 5.97 Å². The molecule has 0 spiro atoms. The van der Waals surface area contributed by atoms with Crippen molar-refractivity contribution < 1.29 is 9.90 Å². The van der Waals surface area contributed by atoms with Crippen molar-refractivity contribution in [1.29, 1.82) is 0 Å². The largest absolute Gasteiger partial charge is 0.478 e. The molecule has 0 aromatic heterocycles. The minimum absolute atomic E-state index is 0.151. The van der Waals surface area contributed by atoms with E-state index in [-0.39, 0.29) is 4.75 Å². The maximum Gasteiger partial charge on any atom is 0.336 e. The van der Waals surface area contributed by atoms with E-state index in [1.807, 2.05) is 12.1 Å². The van der Waals surface area contributed by atoms with Gasteiger partial charge in [0, 0.05) is 9.64 Å². The number of fused-ring (bicyclic) bond motifs is 1. The lowest BCUT2D eigenvalue weighted by atomic mass is 9.99. The molecule has 1 aromatic rings. The summed E-state index contributed by atoms with van der Waals surface area (Å²) in [5, 5.41) is 9.10. The molecule has 1 aliphatic heterocycles. The first-order valence-corrected chi connectivity index (χ1v) is 5.85. The van der Waals surface area contributed by atoms with Gasteiger partial charge in [0.05, 0.1) is 5.56 Å². The van der Waals surface area contributed by atoms with E-state index in [9.17, 15) is 4.79 Å². The number of thioether (sulfide) groups is 1. The van der Waals surface area contributed by atoms with Crippen LogP contribution >= 0.6 is 11.8 Å². The summed E-state index contributed by atoms with van der Waals surface area (Å²) in [5.41, 5.74) is 1.63. The summed E-state index contributed by atoms with van der Waals surface area (Å²) in [7, 11) is 0. The zero-order valence-electron chi connectivity index (χ0n) is 8.91. The molecule has 0 radical (unpaired) electrons. The number of benzene rings is 1. The first-order chi connectivity index (χ1) is 6.99. The predicted octanol–water partition coefficient (Wildman–Crippen LogP) is 3.20. The van der Waals surface area contributed by atoms with Crippen molar-refractivity contribution in [2.24, 2.45) is 0 Å². The summed E-state index contributed by atoms with van der Waals surface area (Å²) in [6, 6.07) is 5.56. The van der Waals surface area contributed by atoms with Crippen LogP contribution in [0.15, 0.2) is 23.1 Å². The number of rotatable bonds is 1. The standard InChI is InChI=1S/C12H14O2S/c1-12(2)7-6-8-4-3-5-9(11(13)14)10(8)15-12/h3-5H,6-7H2,1-2H3,(H,13,14). The van der Waals surface area contributed by atoms with Gasteiger partial charge < -0.3 is 5.11 Å². The van der Waals surface area contributed by atoms with Crippen LogP contribution in [0.2, 0.25) is 0 Å². The van der Waals surface area contributed by atoms with Gasteiger partial charge in [0.1, 0.15) is 0 Å². The van der Waals surface area contributed by atoms with Gasteiger partial charge in [0.25, 0.3) is 0 Å². The van der Waals surface area contributed by atoms with Gasteiger partial charge in [0.2, 0.25) is 0 Å². The fraction of sp³-hybridized carbons (Fsp3) is 0.417. The fourth-order valence-corrected chi connectivity index (χ4v) is 3.16. The Balaban J connectivity index is 2.50. The highest BCUT2D eigenvalue weighted by Crippen LogP contribution is 2.44. The molecule has 1 aromatic carbocycles. The van der Waals surface area contributed by atoms with Crippen LogP contribution in [0.4, 0.5) is 0 Å². The normalized spacial score (nSPS) is 18.3. The van der Waals surface area contributed by atoms with Crippen LogP contribution in [-0.4, -0.2) is 15.8 Å². The number of aromatic carboxylic acids is 1. The second-order valence-electron chi connectivity index (χ2n) is 4.46. The molecule has 0 fully saturated rings. The minimum Gasteiger partial charge on any atom is -0.478 e. The monoisotopic (exact) mass is 222 g/mol. The zero-order chi connectivity index (χ0) is 11.1. The lowest BCUT2D eigenvalue weighted by molar-refractivity contribution is 0.0693. The van der Waals surface area contributed by atoms with Crippen LogP contribution in [-0.2, 0) is 6.42 Å². The highest BCUT2D eigenvalue weighted by molar-refractivity contribution is 8.00. The SMILES string of the molecule is CC1(C)CCc2cccc(C(=O)O)c2S1. The van der Waals surface area contributed by atoms with Crippen molar-refractivity contribution in [3.05, 3.63) is 29.3 Å². The van der Waals surface area contributed by atoms with Crippen LogP contribution in [0.1, 0.15) is 36.2 Å². The molecule has 1 aliphatic rings. The van der Waals surface area contributed by atoms with Gasteiger partial charge in [-0.1, -0.05) is 26.0 Å². The van der Waals surface area contributed by atoms with Gasteiger partial charge in [-0.05, 0) is 24.5 Å². The molecule has 0 atom stereocenters. The van der Waals surface area contributed by atoms with Gasteiger partial charge >= 0.3 is 5.97 Å². The number of carboxylic acids is 1. The molecular formula is C12H14O2S. The lowest BCUT2D eigenvalue weighted by Crippen LogP contribution is -2.21. The van der Waals surface area contributed by atoms with Gasteiger partial charge in [-0.15, -0.1) is 11.8 Å². The second kappa shape index (κ2) is 3.56. The summed E-state index contributed by atoms with van der Waals surface area (Å²) >= 11 is 1.69. The van der Waals surface area contributed by atoms with Crippen LogP contribution in [0.3, 0.4) is 0 Å². The maximum atomic E-state index is 11.1. The second-order valence-corrected chi connectivity index (χ2v) is 6.18. The Morgan fingerprint density at radius 2 is 2.20 bits per heavy atom. The quantitative estimate of drug-likeness (QED) is 0.792. The van der Waals surface area contributed by atoms with Crippen molar-refractivity contribution in [2.45, 2.75) is 36.3 Å². The van der Waals surface area contributed by atoms with Gasteiger partial charge in [-0.25, -0.2) is 4.79 Å². The minimum atomic E-state index is -0.822. The summed E-state index contributed by atoms with van der Waals surface area (Å²) < 4.78 is 0.151. The lowest BCUT2D eigenvalue weighted by Gasteiger charge is -2.31. The number of carbonyl (C=O) groups is 1. The molecule has 0 bridgehead atoms. The first-order valence-electron chi connectivity index (χ1n) is 5.04. The molecule has 0 amide bonds. The molecule has 0 aliphatic carbocycles. The topological polar surface area (TPSA) is 37.3 Å². The van der Waals surface area contributed by atoms with Crippen LogP contribution < -0.4 is 0 Å². The van der Waals surface area contributed by atoms with E-state index in [0.717, 1.165) is 17.7 Å². The zero-order valence-corrected chi connectivity index (χ0v) is 9.73. The highest BCUT2D eigenvalue weighted by Gasteiger charge is 2.28. The third-order valence-corrected chi connectivity index (χ3v) is 4.14. The summed E-state index contributed by atoms with van der Waals surface area (Å²) in [4.78, 5) is 12.0. The number of hydrogen-bond acceptors (Lipinski definition) is 2. The molecule has 80 valence electrons. The van der Waals surface area contributed by atoms with E-state index in [2.05, 4.69) is 13.8 Å². The Labute approximate surface area is 93.7 Å².